The van der Waals surface area contributed by atoms with Crippen LogP contribution in [0.3, 0.4) is 0 Å². The summed E-state index contributed by atoms with van der Waals surface area (Å²) in [6.45, 7) is 17.4. The van der Waals surface area contributed by atoms with Crippen molar-refractivity contribution in [1.29, 1.82) is 0 Å². The van der Waals surface area contributed by atoms with Gasteiger partial charge in [-0.2, -0.15) is 0 Å². The molecule has 0 aromatic rings. The van der Waals surface area contributed by atoms with Gasteiger partial charge in [0.05, 0.1) is 0 Å². The van der Waals surface area contributed by atoms with Crippen LogP contribution in [-0.2, 0) is 0 Å². The van der Waals surface area contributed by atoms with Crippen LogP contribution in [0, 0.1) is 10.8 Å². The molecule has 0 saturated carbocycles. The molecule has 0 aromatic heterocycles. The van der Waals surface area contributed by atoms with Crippen LogP contribution in [0.5, 0.6) is 0 Å². The Morgan fingerprint density at radius 1 is 0.933 bits per heavy atom. The largest absolute Gasteiger partial charge is 0.303 e. The van der Waals surface area contributed by atoms with Crippen molar-refractivity contribution in [1.82, 2.24) is 4.90 Å². The molecule has 1 heteroatoms. The molecule has 1 atom stereocenters. The minimum atomic E-state index is 0.403. The molecule has 0 aliphatic heterocycles. The highest BCUT2D eigenvalue weighted by Gasteiger charge is 2.23. The summed E-state index contributed by atoms with van der Waals surface area (Å²) in [6.07, 6.45) is 2.54. The Balaban J connectivity index is 4.29. The van der Waals surface area contributed by atoms with E-state index in [1.54, 1.807) is 0 Å². The highest BCUT2D eigenvalue weighted by Crippen LogP contribution is 2.26. The van der Waals surface area contributed by atoms with E-state index in [0.29, 0.717) is 10.8 Å². The Morgan fingerprint density at radius 3 is 1.67 bits per heavy atom. The topological polar surface area (TPSA) is 3.24 Å². The first-order valence-corrected chi connectivity index (χ1v) is 6.25. The predicted molar refractivity (Wildman–Crippen MR) is 70.2 cm³/mol. The first kappa shape index (κ1) is 15.0. The minimum Gasteiger partial charge on any atom is -0.303 e. The van der Waals surface area contributed by atoms with Crippen molar-refractivity contribution in [3.8, 4) is 0 Å². The molecule has 0 fully saturated rings. The number of hydrogen-bond donors (Lipinski definition) is 0. The third-order valence-electron chi connectivity index (χ3n) is 2.67. The van der Waals surface area contributed by atoms with Gasteiger partial charge >= 0.3 is 0 Å². The molecule has 0 aliphatic rings. The quantitative estimate of drug-likeness (QED) is 0.677. The lowest BCUT2D eigenvalue weighted by Crippen LogP contribution is -2.39. The molecule has 0 saturated heterocycles. The van der Waals surface area contributed by atoms with Crippen LogP contribution >= 0.6 is 0 Å². The number of nitrogens with zero attached hydrogens (tertiary/aromatic N) is 1. The van der Waals surface area contributed by atoms with Gasteiger partial charge in [-0.25, -0.2) is 0 Å². The summed E-state index contributed by atoms with van der Waals surface area (Å²) in [4.78, 5) is 2.53. The van der Waals surface area contributed by atoms with Crippen molar-refractivity contribution < 1.29 is 0 Å². The Bertz CT molecular complexity index is 171. The van der Waals surface area contributed by atoms with Crippen LogP contribution in [0.1, 0.15) is 61.3 Å². The van der Waals surface area contributed by atoms with Crippen LogP contribution in [-0.4, -0.2) is 24.5 Å². The Labute approximate surface area is 97.2 Å². The van der Waals surface area contributed by atoms with E-state index in [9.17, 15) is 0 Å². The molecule has 0 aliphatic carbocycles. The number of rotatable bonds is 4. The molecular weight excluding hydrogens is 182 g/mol. The van der Waals surface area contributed by atoms with Crippen LogP contribution < -0.4 is 0 Å². The van der Waals surface area contributed by atoms with Gasteiger partial charge in [0, 0.05) is 12.6 Å². The van der Waals surface area contributed by atoms with E-state index in [2.05, 4.69) is 60.4 Å². The van der Waals surface area contributed by atoms with Gasteiger partial charge in [0.2, 0.25) is 0 Å². The number of hydrogen-bond acceptors (Lipinski definition) is 1. The van der Waals surface area contributed by atoms with Crippen molar-refractivity contribution >= 4 is 0 Å². The highest BCUT2D eigenvalue weighted by molar-refractivity contribution is 4.77. The highest BCUT2D eigenvalue weighted by atomic mass is 15.1. The van der Waals surface area contributed by atoms with Crippen molar-refractivity contribution in [3.63, 3.8) is 0 Å². The molecule has 0 rings (SSSR count). The summed E-state index contributed by atoms with van der Waals surface area (Å²) in [7, 11) is 2.27. The van der Waals surface area contributed by atoms with E-state index in [1.807, 2.05) is 0 Å². The lowest BCUT2D eigenvalue weighted by molar-refractivity contribution is 0.131. The first-order valence-electron chi connectivity index (χ1n) is 6.25. The Morgan fingerprint density at radius 2 is 1.40 bits per heavy atom. The van der Waals surface area contributed by atoms with Gasteiger partial charge in [-0.1, -0.05) is 48.5 Å². The predicted octanol–water partition coefficient (Wildman–Crippen LogP) is 4.18. The van der Waals surface area contributed by atoms with Gasteiger partial charge in [0.15, 0.2) is 0 Å². The Kier molecular flexibility index (Phi) is 5.32. The van der Waals surface area contributed by atoms with E-state index in [1.165, 1.54) is 19.4 Å². The van der Waals surface area contributed by atoms with E-state index in [4.69, 9.17) is 0 Å². The monoisotopic (exact) mass is 213 g/mol. The average Bonchev–Trinajstić information content (AvgIpc) is 1.94. The zero-order valence-corrected chi connectivity index (χ0v) is 12.1. The van der Waals surface area contributed by atoms with Crippen LogP contribution in [0.15, 0.2) is 0 Å². The summed E-state index contributed by atoms with van der Waals surface area (Å²) < 4.78 is 0. The maximum atomic E-state index is 2.53. The summed E-state index contributed by atoms with van der Waals surface area (Å²) in [5.74, 6) is 0. The second-order valence-electron chi connectivity index (χ2n) is 7.30. The molecule has 1 nitrogen and oxygen atoms in total. The fraction of sp³-hybridized carbons (Fsp3) is 1.00. The SMILES string of the molecule is CCC(CC(C)(C)C)N(C)CC(C)(C)C. The van der Waals surface area contributed by atoms with Crippen LogP contribution in [0.2, 0.25) is 0 Å². The maximum absolute atomic E-state index is 2.53. The minimum absolute atomic E-state index is 0.403. The third-order valence-corrected chi connectivity index (χ3v) is 2.67. The lowest BCUT2D eigenvalue weighted by atomic mass is 9.85. The van der Waals surface area contributed by atoms with Crippen molar-refractivity contribution in [2.45, 2.75) is 67.3 Å². The summed E-state index contributed by atoms with van der Waals surface area (Å²) in [5.41, 5.74) is 0.840. The van der Waals surface area contributed by atoms with Crippen molar-refractivity contribution in [2.75, 3.05) is 13.6 Å². The molecule has 0 bridgehead atoms. The molecule has 0 amide bonds. The average molecular weight is 213 g/mol. The molecule has 15 heavy (non-hydrogen) atoms. The van der Waals surface area contributed by atoms with Crippen molar-refractivity contribution in [2.24, 2.45) is 10.8 Å². The molecule has 0 spiro atoms. The second-order valence-corrected chi connectivity index (χ2v) is 7.30. The van der Waals surface area contributed by atoms with Gasteiger partial charge < -0.3 is 4.90 Å². The molecule has 0 aromatic carbocycles. The zero-order chi connectivity index (χ0) is 12.3. The van der Waals surface area contributed by atoms with Crippen molar-refractivity contribution in [3.05, 3.63) is 0 Å². The van der Waals surface area contributed by atoms with Gasteiger partial charge in [-0.3, -0.25) is 0 Å². The molecule has 0 radical (unpaired) electrons. The van der Waals surface area contributed by atoms with Gasteiger partial charge in [0.25, 0.3) is 0 Å². The van der Waals surface area contributed by atoms with E-state index in [0.717, 1.165) is 6.04 Å². The molecular formula is C14H31N. The molecule has 0 N–H and O–H groups in total. The third kappa shape index (κ3) is 7.84. The zero-order valence-electron chi connectivity index (χ0n) is 12.1. The van der Waals surface area contributed by atoms with Gasteiger partial charge in [-0.15, -0.1) is 0 Å². The van der Waals surface area contributed by atoms with Crippen LogP contribution in [0.4, 0.5) is 0 Å². The van der Waals surface area contributed by atoms with E-state index in [-0.39, 0.29) is 0 Å². The van der Waals surface area contributed by atoms with E-state index >= 15 is 0 Å². The summed E-state index contributed by atoms with van der Waals surface area (Å²) in [6, 6.07) is 0.726. The first-order chi connectivity index (χ1) is 6.55. The van der Waals surface area contributed by atoms with E-state index < -0.39 is 0 Å². The summed E-state index contributed by atoms with van der Waals surface area (Å²) in [5, 5.41) is 0. The Hall–Kier alpha value is -0.0400. The fourth-order valence-corrected chi connectivity index (χ4v) is 2.20. The smallest absolute Gasteiger partial charge is 0.00947 e. The fourth-order valence-electron chi connectivity index (χ4n) is 2.20. The van der Waals surface area contributed by atoms with Crippen LogP contribution in [0.25, 0.3) is 0 Å². The van der Waals surface area contributed by atoms with Gasteiger partial charge in [0.1, 0.15) is 0 Å². The van der Waals surface area contributed by atoms with Gasteiger partial charge in [-0.05, 0) is 30.7 Å². The molecule has 0 heterocycles. The lowest BCUT2D eigenvalue weighted by Gasteiger charge is -2.36. The standard InChI is InChI=1S/C14H31N/c1-9-12(10-13(2,3)4)15(8)11-14(5,6)7/h12H,9-11H2,1-8H3. The normalized spacial score (nSPS) is 15.8. The molecule has 1 unspecified atom stereocenters. The summed E-state index contributed by atoms with van der Waals surface area (Å²) >= 11 is 0. The molecule has 92 valence electrons. The maximum Gasteiger partial charge on any atom is 0.00947 e. The second kappa shape index (κ2) is 5.34.